The van der Waals surface area contributed by atoms with Crippen LogP contribution in [0.4, 0.5) is 4.39 Å². The standard InChI is InChI=1S/C22H14ClFN2O3S2/c23-16-3-1-2-15(12-16)20(27)22-26-19(13-6-10-18(11-7-13)31(25,28)29)21(30-22)14-4-8-17(24)9-5-14/h1-12H,(H2,25,28,29). The molecule has 5 nitrogen and oxygen atoms in total. The Balaban J connectivity index is 1.84. The van der Waals surface area contributed by atoms with Gasteiger partial charge in [0.1, 0.15) is 5.82 Å². The van der Waals surface area contributed by atoms with Crippen LogP contribution in [0.2, 0.25) is 5.02 Å². The highest BCUT2D eigenvalue weighted by atomic mass is 35.5. The fourth-order valence-electron chi connectivity index (χ4n) is 2.97. The van der Waals surface area contributed by atoms with Crippen LogP contribution in [0.15, 0.2) is 77.7 Å². The molecule has 0 fully saturated rings. The van der Waals surface area contributed by atoms with E-state index in [1.165, 1.54) is 24.3 Å². The van der Waals surface area contributed by atoms with Gasteiger partial charge in [-0.1, -0.05) is 48.0 Å². The number of rotatable bonds is 5. The van der Waals surface area contributed by atoms with E-state index >= 15 is 0 Å². The maximum Gasteiger partial charge on any atom is 0.238 e. The van der Waals surface area contributed by atoms with E-state index in [1.807, 2.05) is 0 Å². The van der Waals surface area contributed by atoms with Crippen molar-refractivity contribution < 1.29 is 17.6 Å². The van der Waals surface area contributed by atoms with Crippen LogP contribution in [0.25, 0.3) is 21.7 Å². The Morgan fingerprint density at radius 1 is 0.968 bits per heavy atom. The van der Waals surface area contributed by atoms with Crippen LogP contribution < -0.4 is 5.14 Å². The molecule has 1 heterocycles. The highest BCUT2D eigenvalue weighted by Crippen LogP contribution is 2.38. The molecule has 4 rings (SSSR count). The van der Waals surface area contributed by atoms with Crippen molar-refractivity contribution in [3.8, 4) is 21.7 Å². The predicted molar refractivity (Wildman–Crippen MR) is 119 cm³/mol. The molecule has 9 heteroatoms. The summed E-state index contributed by atoms with van der Waals surface area (Å²) in [4.78, 5) is 18.1. The first kappa shape index (κ1) is 21.3. The predicted octanol–water partition coefficient (Wildman–Crippen LogP) is 5.15. The van der Waals surface area contributed by atoms with Crippen molar-refractivity contribution in [3.63, 3.8) is 0 Å². The van der Waals surface area contributed by atoms with Gasteiger partial charge in [0.25, 0.3) is 0 Å². The number of aromatic nitrogens is 1. The fourth-order valence-corrected chi connectivity index (χ4v) is 4.73. The summed E-state index contributed by atoms with van der Waals surface area (Å²) in [6.07, 6.45) is 0. The van der Waals surface area contributed by atoms with Crippen molar-refractivity contribution in [1.29, 1.82) is 0 Å². The third-order valence-corrected chi connectivity index (χ3v) is 6.74. The Morgan fingerprint density at radius 2 is 1.61 bits per heavy atom. The summed E-state index contributed by atoms with van der Waals surface area (Å²) in [5, 5.41) is 5.83. The van der Waals surface area contributed by atoms with Crippen LogP contribution in [0.1, 0.15) is 15.4 Å². The molecule has 31 heavy (non-hydrogen) atoms. The lowest BCUT2D eigenvalue weighted by Gasteiger charge is -2.04. The van der Waals surface area contributed by atoms with Gasteiger partial charge in [-0.05, 0) is 42.0 Å². The quantitative estimate of drug-likeness (QED) is 0.407. The second-order valence-electron chi connectivity index (χ2n) is 6.61. The molecule has 2 N–H and O–H groups in total. The van der Waals surface area contributed by atoms with Crippen LogP contribution in [0, 0.1) is 5.82 Å². The van der Waals surface area contributed by atoms with Crippen LogP contribution >= 0.6 is 22.9 Å². The van der Waals surface area contributed by atoms with E-state index in [9.17, 15) is 17.6 Å². The van der Waals surface area contributed by atoms with Crippen molar-refractivity contribution in [2.24, 2.45) is 5.14 Å². The minimum Gasteiger partial charge on any atom is -0.286 e. The highest BCUT2D eigenvalue weighted by molar-refractivity contribution is 7.89. The molecule has 156 valence electrons. The molecule has 0 unspecified atom stereocenters. The fraction of sp³-hybridized carbons (Fsp3) is 0. The van der Waals surface area contributed by atoms with Gasteiger partial charge in [-0.15, -0.1) is 11.3 Å². The molecule has 0 saturated heterocycles. The summed E-state index contributed by atoms with van der Waals surface area (Å²) in [5.41, 5.74) is 2.13. The molecule has 1 aromatic heterocycles. The number of nitrogens with zero attached hydrogens (tertiary/aromatic N) is 1. The monoisotopic (exact) mass is 472 g/mol. The van der Waals surface area contributed by atoms with E-state index < -0.39 is 10.0 Å². The van der Waals surface area contributed by atoms with Gasteiger partial charge in [0.15, 0.2) is 5.01 Å². The number of hydrogen-bond acceptors (Lipinski definition) is 5. The second-order valence-corrected chi connectivity index (χ2v) is 9.61. The lowest BCUT2D eigenvalue weighted by Crippen LogP contribution is -2.11. The first-order chi connectivity index (χ1) is 14.7. The second kappa shape index (κ2) is 8.32. The number of carbonyl (C=O) groups is 1. The lowest BCUT2D eigenvalue weighted by atomic mass is 10.1. The van der Waals surface area contributed by atoms with Gasteiger partial charge in [-0.2, -0.15) is 0 Å². The zero-order valence-electron chi connectivity index (χ0n) is 15.7. The number of sulfonamides is 1. The van der Waals surface area contributed by atoms with Crippen LogP contribution in [0.3, 0.4) is 0 Å². The molecule has 0 radical (unpaired) electrons. The van der Waals surface area contributed by atoms with Crippen molar-refractivity contribution in [1.82, 2.24) is 4.98 Å². The van der Waals surface area contributed by atoms with Crippen molar-refractivity contribution in [2.45, 2.75) is 4.90 Å². The zero-order valence-corrected chi connectivity index (χ0v) is 18.1. The number of ketones is 1. The van der Waals surface area contributed by atoms with Gasteiger partial charge in [-0.3, -0.25) is 4.79 Å². The summed E-state index contributed by atoms with van der Waals surface area (Å²) < 4.78 is 36.5. The Hall–Kier alpha value is -2.91. The molecule has 0 bridgehead atoms. The van der Waals surface area contributed by atoms with Gasteiger partial charge in [0, 0.05) is 16.1 Å². The third-order valence-electron chi connectivity index (χ3n) is 4.47. The van der Waals surface area contributed by atoms with E-state index in [-0.39, 0.29) is 21.5 Å². The molecule has 3 aromatic carbocycles. The number of hydrogen-bond donors (Lipinski definition) is 1. The molecule has 4 aromatic rings. The SMILES string of the molecule is NS(=O)(=O)c1ccc(-c2nc(C(=O)c3cccc(Cl)c3)sc2-c2ccc(F)cc2)cc1. The normalized spacial score (nSPS) is 11.5. The zero-order chi connectivity index (χ0) is 22.2. The lowest BCUT2D eigenvalue weighted by molar-refractivity contribution is 0.103. The maximum absolute atomic E-state index is 13.4. The summed E-state index contributed by atoms with van der Waals surface area (Å²) in [7, 11) is -3.84. The van der Waals surface area contributed by atoms with Gasteiger partial charge in [0.05, 0.1) is 15.5 Å². The van der Waals surface area contributed by atoms with Crippen LogP contribution in [0.5, 0.6) is 0 Å². The molecule has 0 aliphatic carbocycles. The van der Waals surface area contributed by atoms with Gasteiger partial charge >= 0.3 is 0 Å². The largest absolute Gasteiger partial charge is 0.286 e. The Kier molecular flexibility index (Phi) is 5.72. The third kappa shape index (κ3) is 4.57. The van der Waals surface area contributed by atoms with Crippen LogP contribution in [-0.4, -0.2) is 19.2 Å². The first-order valence-corrected chi connectivity index (χ1v) is 11.7. The molecular formula is C22H14ClFN2O3S2. The Labute approximate surface area is 187 Å². The van der Waals surface area contributed by atoms with E-state index in [1.54, 1.807) is 48.5 Å². The minimum atomic E-state index is -3.84. The van der Waals surface area contributed by atoms with E-state index in [4.69, 9.17) is 16.7 Å². The number of nitrogens with two attached hydrogens (primary N) is 1. The maximum atomic E-state index is 13.4. The van der Waals surface area contributed by atoms with Crippen LogP contribution in [-0.2, 0) is 10.0 Å². The topological polar surface area (TPSA) is 90.1 Å². The number of thiazole rings is 1. The molecule has 0 aliphatic rings. The number of benzene rings is 3. The average Bonchev–Trinajstić information content (AvgIpc) is 3.18. The molecule has 0 amide bonds. The summed E-state index contributed by atoms with van der Waals surface area (Å²) >= 11 is 7.17. The number of carbonyl (C=O) groups excluding carboxylic acids is 1. The van der Waals surface area contributed by atoms with Gasteiger partial charge < -0.3 is 0 Å². The molecule has 0 spiro atoms. The highest BCUT2D eigenvalue weighted by Gasteiger charge is 2.21. The summed E-state index contributed by atoms with van der Waals surface area (Å²) in [6, 6.07) is 18.3. The molecule has 0 aliphatic heterocycles. The number of primary sulfonamides is 1. The average molecular weight is 473 g/mol. The molecule has 0 saturated carbocycles. The Morgan fingerprint density at radius 3 is 2.23 bits per heavy atom. The molecule has 0 atom stereocenters. The summed E-state index contributed by atoms with van der Waals surface area (Å²) in [5.74, 6) is -0.689. The van der Waals surface area contributed by atoms with Crippen molar-refractivity contribution in [3.05, 3.63) is 94.2 Å². The van der Waals surface area contributed by atoms with E-state index in [0.717, 1.165) is 11.3 Å². The van der Waals surface area contributed by atoms with Crippen molar-refractivity contribution in [2.75, 3.05) is 0 Å². The minimum absolute atomic E-state index is 0.0370. The Bertz CT molecular complexity index is 1380. The summed E-state index contributed by atoms with van der Waals surface area (Å²) in [6.45, 7) is 0. The number of halogens is 2. The van der Waals surface area contributed by atoms with E-state index in [2.05, 4.69) is 4.98 Å². The van der Waals surface area contributed by atoms with E-state index in [0.29, 0.717) is 32.3 Å². The molecular weight excluding hydrogens is 459 g/mol. The smallest absolute Gasteiger partial charge is 0.238 e. The van der Waals surface area contributed by atoms with Gasteiger partial charge in [0.2, 0.25) is 15.8 Å². The van der Waals surface area contributed by atoms with Gasteiger partial charge in [-0.25, -0.2) is 22.9 Å². The van der Waals surface area contributed by atoms with Crippen molar-refractivity contribution >= 4 is 38.7 Å². The first-order valence-electron chi connectivity index (χ1n) is 8.92.